The van der Waals surface area contributed by atoms with Crippen molar-refractivity contribution < 1.29 is 4.79 Å². The monoisotopic (exact) mass is 219 g/mol. The lowest BCUT2D eigenvalue weighted by molar-refractivity contribution is 0.0944. The smallest absolute Gasteiger partial charge is 0.269 e. The number of H-pyrrole nitrogens is 1. The molecule has 2 aromatic rings. The predicted molar refractivity (Wildman–Crippen MR) is 57.8 cm³/mol. The lowest BCUT2D eigenvalue weighted by Gasteiger charge is -2.03. The van der Waals surface area contributed by atoms with Crippen molar-refractivity contribution in [3.05, 3.63) is 36.2 Å². The van der Waals surface area contributed by atoms with Crippen molar-refractivity contribution in [2.24, 2.45) is 7.05 Å². The first-order valence-electron chi connectivity index (χ1n) is 5.01. The number of imidazole rings is 1. The Bertz CT molecular complexity index is 459. The molecule has 2 heterocycles. The highest BCUT2D eigenvalue weighted by Gasteiger charge is 2.08. The van der Waals surface area contributed by atoms with E-state index in [0.29, 0.717) is 12.2 Å². The van der Waals surface area contributed by atoms with Crippen LogP contribution in [0.4, 0.5) is 0 Å². The highest BCUT2D eigenvalue weighted by Crippen LogP contribution is 1.96. The summed E-state index contributed by atoms with van der Waals surface area (Å²) in [6.45, 7) is 0.576. The van der Waals surface area contributed by atoms with Gasteiger partial charge in [0.05, 0.1) is 6.33 Å². The Kier molecular flexibility index (Phi) is 3.00. The van der Waals surface area contributed by atoms with E-state index in [1.807, 2.05) is 0 Å². The molecule has 0 aliphatic carbocycles. The van der Waals surface area contributed by atoms with E-state index in [-0.39, 0.29) is 5.91 Å². The summed E-state index contributed by atoms with van der Waals surface area (Å²) >= 11 is 0. The molecule has 2 N–H and O–H groups in total. The molecule has 0 radical (unpaired) electrons. The number of amides is 1. The Morgan fingerprint density at radius 1 is 1.62 bits per heavy atom. The molecule has 16 heavy (non-hydrogen) atoms. The molecule has 0 unspecified atom stereocenters. The standard InChI is InChI=1S/C10H13N5O/c1-15-9(3-5-14-15)10(16)12-4-2-8-6-11-7-13-8/h3,5-7H,2,4H2,1H3,(H,11,13)(H,12,16). The van der Waals surface area contributed by atoms with E-state index in [2.05, 4.69) is 20.4 Å². The molecule has 0 fully saturated rings. The molecular weight excluding hydrogens is 206 g/mol. The van der Waals surface area contributed by atoms with Crippen LogP contribution in [0.3, 0.4) is 0 Å². The van der Waals surface area contributed by atoms with Gasteiger partial charge in [-0.15, -0.1) is 0 Å². The van der Waals surface area contributed by atoms with E-state index in [1.165, 1.54) is 0 Å². The van der Waals surface area contributed by atoms with Crippen molar-refractivity contribution in [3.8, 4) is 0 Å². The van der Waals surface area contributed by atoms with Gasteiger partial charge in [0.25, 0.3) is 5.91 Å². The van der Waals surface area contributed by atoms with Gasteiger partial charge in [-0.1, -0.05) is 0 Å². The van der Waals surface area contributed by atoms with Gasteiger partial charge in [-0.05, 0) is 6.07 Å². The van der Waals surface area contributed by atoms with Crippen LogP contribution in [0.25, 0.3) is 0 Å². The van der Waals surface area contributed by atoms with Crippen molar-refractivity contribution >= 4 is 5.91 Å². The molecule has 2 rings (SSSR count). The number of carbonyl (C=O) groups is 1. The van der Waals surface area contributed by atoms with E-state index >= 15 is 0 Å². The van der Waals surface area contributed by atoms with Crippen LogP contribution in [0, 0.1) is 0 Å². The molecule has 0 spiro atoms. The molecule has 0 bridgehead atoms. The Morgan fingerprint density at radius 2 is 2.50 bits per heavy atom. The van der Waals surface area contributed by atoms with Crippen molar-refractivity contribution in [1.82, 2.24) is 25.1 Å². The van der Waals surface area contributed by atoms with Gasteiger partial charge in [-0.2, -0.15) is 5.10 Å². The predicted octanol–water partition coefficient (Wildman–Crippen LogP) is 0.116. The van der Waals surface area contributed by atoms with Crippen LogP contribution in [-0.2, 0) is 13.5 Å². The Hall–Kier alpha value is -2.11. The lowest BCUT2D eigenvalue weighted by atomic mass is 10.3. The largest absolute Gasteiger partial charge is 0.350 e. The summed E-state index contributed by atoms with van der Waals surface area (Å²) in [7, 11) is 1.74. The van der Waals surface area contributed by atoms with E-state index in [0.717, 1.165) is 12.1 Å². The first-order chi connectivity index (χ1) is 7.77. The highest BCUT2D eigenvalue weighted by molar-refractivity contribution is 5.92. The van der Waals surface area contributed by atoms with Crippen LogP contribution in [0.2, 0.25) is 0 Å². The van der Waals surface area contributed by atoms with Crippen LogP contribution in [0.5, 0.6) is 0 Å². The number of rotatable bonds is 4. The maximum Gasteiger partial charge on any atom is 0.269 e. The second-order valence-electron chi connectivity index (χ2n) is 3.42. The fourth-order valence-electron chi connectivity index (χ4n) is 1.42. The second kappa shape index (κ2) is 4.61. The molecule has 6 nitrogen and oxygen atoms in total. The summed E-state index contributed by atoms with van der Waals surface area (Å²) in [6, 6.07) is 1.69. The Balaban J connectivity index is 1.83. The number of hydrogen-bond donors (Lipinski definition) is 2. The maximum absolute atomic E-state index is 11.7. The minimum Gasteiger partial charge on any atom is -0.350 e. The molecule has 0 atom stereocenters. The highest BCUT2D eigenvalue weighted by atomic mass is 16.2. The normalized spacial score (nSPS) is 10.3. The van der Waals surface area contributed by atoms with Crippen LogP contribution in [0.1, 0.15) is 16.2 Å². The van der Waals surface area contributed by atoms with Crippen molar-refractivity contribution in [1.29, 1.82) is 0 Å². The van der Waals surface area contributed by atoms with Gasteiger partial charge >= 0.3 is 0 Å². The van der Waals surface area contributed by atoms with Crippen LogP contribution in [0.15, 0.2) is 24.8 Å². The number of aryl methyl sites for hydroxylation is 1. The zero-order chi connectivity index (χ0) is 11.4. The Labute approximate surface area is 92.7 Å². The number of nitrogens with zero attached hydrogens (tertiary/aromatic N) is 3. The molecule has 0 aromatic carbocycles. The third kappa shape index (κ3) is 2.28. The summed E-state index contributed by atoms with van der Waals surface area (Å²) in [5.74, 6) is -0.112. The zero-order valence-electron chi connectivity index (χ0n) is 8.97. The van der Waals surface area contributed by atoms with Gasteiger partial charge in [-0.25, -0.2) is 4.98 Å². The molecule has 0 aliphatic heterocycles. The van der Waals surface area contributed by atoms with E-state index in [1.54, 1.807) is 36.5 Å². The summed E-state index contributed by atoms with van der Waals surface area (Å²) < 4.78 is 1.55. The van der Waals surface area contributed by atoms with Gasteiger partial charge in [0.15, 0.2) is 0 Å². The van der Waals surface area contributed by atoms with Gasteiger partial charge in [0.1, 0.15) is 5.69 Å². The molecule has 0 saturated heterocycles. The van der Waals surface area contributed by atoms with Crippen molar-refractivity contribution in [2.75, 3.05) is 6.54 Å². The minimum absolute atomic E-state index is 0.112. The van der Waals surface area contributed by atoms with Crippen LogP contribution >= 0.6 is 0 Å². The number of aromatic nitrogens is 4. The first-order valence-corrected chi connectivity index (χ1v) is 5.01. The summed E-state index contributed by atoms with van der Waals surface area (Å²) in [5, 5.41) is 6.75. The fourth-order valence-corrected chi connectivity index (χ4v) is 1.42. The third-order valence-corrected chi connectivity index (χ3v) is 2.29. The summed E-state index contributed by atoms with van der Waals surface area (Å²) in [5.41, 5.74) is 1.56. The lowest BCUT2D eigenvalue weighted by Crippen LogP contribution is -2.27. The van der Waals surface area contributed by atoms with Gasteiger partial charge in [0.2, 0.25) is 0 Å². The van der Waals surface area contributed by atoms with Crippen molar-refractivity contribution in [2.45, 2.75) is 6.42 Å². The molecule has 1 amide bonds. The van der Waals surface area contributed by atoms with Gasteiger partial charge in [-0.3, -0.25) is 9.48 Å². The maximum atomic E-state index is 11.7. The SMILES string of the molecule is Cn1nccc1C(=O)NCCc1cnc[nH]1. The van der Waals surface area contributed by atoms with Crippen LogP contribution in [-0.4, -0.2) is 32.2 Å². The number of carbonyl (C=O) groups excluding carboxylic acids is 1. The number of nitrogens with one attached hydrogen (secondary N) is 2. The molecule has 84 valence electrons. The quantitative estimate of drug-likeness (QED) is 0.766. The van der Waals surface area contributed by atoms with Gasteiger partial charge in [0, 0.05) is 38.1 Å². The average molecular weight is 219 g/mol. The van der Waals surface area contributed by atoms with E-state index in [4.69, 9.17) is 0 Å². The summed E-state index contributed by atoms with van der Waals surface area (Å²) in [4.78, 5) is 18.5. The third-order valence-electron chi connectivity index (χ3n) is 2.29. The van der Waals surface area contributed by atoms with Gasteiger partial charge < -0.3 is 10.3 Å². The molecule has 6 heteroatoms. The van der Waals surface area contributed by atoms with Crippen LogP contribution < -0.4 is 5.32 Å². The number of aromatic amines is 1. The first kappa shape index (κ1) is 10.4. The topological polar surface area (TPSA) is 75.6 Å². The van der Waals surface area contributed by atoms with Crippen molar-refractivity contribution in [3.63, 3.8) is 0 Å². The molecule has 0 aliphatic rings. The fraction of sp³-hybridized carbons (Fsp3) is 0.300. The second-order valence-corrected chi connectivity index (χ2v) is 3.42. The minimum atomic E-state index is -0.112. The number of hydrogen-bond acceptors (Lipinski definition) is 3. The Morgan fingerprint density at radius 3 is 3.12 bits per heavy atom. The van der Waals surface area contributed by atoms with E-state index in [9.17, 15) is 4.79 Å². The summed E-state index contributed by atoms with van der Waals surface area (Å²) in [6.07, 6.45) is 5.71. The molecule has 2 aromatic heterocycles. The van der Waals surface area contributed by atoms with E-state index < -0.39 is 0 Å². The molecule has 0 saturated carbocycles. The zero-order valence-corrected chi connectivity index (χ0v) is 8.97. The average Bonchev–Trinajstić information content (AvgIpc) is 2.88. The molecular formula is C10H13N5O.